The van der Waals surface area contributed by atoms with E-state index in [9.17, 15) is 31.5 Å². The van der Waals surface area contributed by atoms with E-state index >= 15 is 0 Å². The number of benzene rings is 4. The normalized spacial score (nSPS) is 11.1. The Morgan fingerprint density at radius 2 is 1.04 bits per heavy atom. The maximum Gasteiger partial charge on any atom is 0.340 e. The van der Waals surface area contributed by atoms with Crippen molar-refractivity contribution >= 4 is 43.4 Å². The molecule has 0 fully saturated rings. The summed E-state index contributed by atoms with van der Waals surface area (Å²) in [5, 5.41) is 15.8. The quantitative estimate of drug-likeness (QED) is 0.0532. The van der Waals surface area contributed by atoms with Crippen LogP contribution in [0.5, 0.6) is 23.0 Å². The lowest BCUT2D eigenvalue weighted by molar-refractivity contribution is 0.0600. The van der Waals surface area contributed by atoms with Crippen molar-refractivity contribution in [1.82, 2.24) is 9.44 Å². The molecular weight excluding hydrogens is 725 g/mol. The lowest BCUT2D eigenvalue weighted by atomic mass is 10.1. The second-order valence-corrected chi connectivity index (χ2v) is 15.1. The van der Waals surface area contributed by atoms with Crippen LogP contribution >= 0.6 is 0 Å². The van der Waals surface area contributed by atoms with Crippen molar-refractivity contribution in [3.63, 3.8) is 0 Å². The lowest BCUT2D eigenvalue weighted by Gasteiger charge is -2.18. The van der Waals surface area contributed by atoms with Crippen LogP contribution in [-0.4, -0.2) is 68.2 Å². The number of carbonyl (C=O) groups excluding carboxylic acids is 1. The zero-order valence-corrected chi connectivity index (χ0v) is 31.9. The van der Waals surface area contributed by atoms with E-state index in [0.29, 0.717) is 30.3 Å². The van der Waals surface area contributed by atoms with Crippen LogP contribution in [-0.2, 0) is 24.8 Å². The summed E-state index contributed by atoms with van der Waals surface area (Å²) in [5.41, 5.74) is 0.582. The predicted octanol–water partition coefficient (Wildman–Crippen LogP) is 6.68. The monoisotopic (exact) mass is 770 g/mol. The number of para-hydroxylation sites is 2. The van der Waals surface area contributed by atoms with Gasteiger partial charge in [0.15, 0.2) is 11.5 Å². The molecule has 4 rings (SSSR count). The van der Waals surface area contributed by atoms with E-state index in [1.165, 1.54) is 39.4 Å². The number of hydrogen-bond acceptors (Lipinski definition) is 11. The molecule has 5 N–H and O–H groups in total. The predicted molar refractivity (Wildman–Crippen MR) is 204 cm³/mol. The van der Waals surface area contributed by atoms with Crippen molar-refractivity contribution in [2.75, 3.05) is 44.9 Å². The van der Waals surface area contributed by atoms with Crippen molar-refractivity contribution in [2.24, 2.45) is 0 Å². The Kier molecular flexibility index (Phi) is 16.1. The number of methoxy groups -OCH3 is 1. The number of aromatic carboxylic acids is 1. The molecule has 53 heavy (non-hydrogen) atoms. The molecule has 0 aliphatic rings. The minimum Gasteiger partial charge on any atom is -0.478 e. The first-order valence-corrected chi connectivity index (χ1v) is 19.8. The highest BCUT2D eigenvalue weighted by Gasteiger charge is 2.25. The van der Waals surface area contributed by atoms with E-state index in [0.717, 1.165) is 31.7 Å². The van der Waals surface area contributed by atoms with Gasteiger partial charge in [0, 0.05) is 25.2 Å². The Labute approximate surface area is 311 Å². The van der Waals surface area contributed by atoms with Crippen molar-refractivity contribution in [1.29, 1.82) is 0 Å². The molecule has 0 saturated carbocycles. The molecule has 4 aromatic rings. The van der Waals surface area contributed by atoms with E-state index in [1.807, 2.05) is 26.0 Å². The van der Waals surface area contributed by atoms with Gasteiger partial charge in [0.05, 0.1) is 39.4 Å². The summed E-state index contributed by atoms with van der Waals surface area (Å²) in [6.45, 7) is 5.21. The molecule has 0 aliphatic carbocycles. The van der Waals surface area contributed by atoms with Crippen molar-refractivity contribution in [3.8, 4) is 23.0 Å². The molecule has 0 heterocycles. The van der Waals surface area contributed by atoms with Crippen LogP contribution in [0, 0.1) is 0 Å². The van der Waals surface area contributed by atoms with Gasteiger partial charge >= 0.3 is 11.9 Å². The number of nitrogens with one attached hydrogen (secondary N) is 4. The topological polar surface area (TPSA) is 198 Å². The van der Waals surface area contributed by atoms with Crippen LogP contribution < -0.4 is 29.6 Å². The fourth-order valence-corrected chi connectivity index (χ4v) is 6.24. The number of anilines is 2. The smallest absolute Gasteiger partial charge is 0.340 e. The van der Waals surface area contributed by atoms with Gasteiger partial charge in [0.1, 0.15) is 11.5 Å². The molecule has 0 unspecified atom stereocenters. The largest absolute Gasteiger partial charge is 0.478 e. The second kappa shape index (κ2) is 20.2. The zero-order valence-electron chi connectivity index (χ0n) is 30.3. The summed E-state index contributed by atoms with van der Waals surface area (Å²) in [7, 11) is -3.80. The average molecular weight is 771 g/mol. The first kappa shape index (κ1) is 42.3. The van der Waals surface area contributed by atoms with Gasteiger partial charge in [-0.2, -0.15) is 0 Å². The van der Waals surface area contributed by atoms with Gasteiger partial charge in [0.2, 0.25) is 20.0 Å². The summed E-state index contributed by atoms with van der Waals surface area (Å²) in [6, 6.07) is 22.8. The Balaban J connectivity index is 0.000000286. The van der Waals surface area contributed by atoms with Crippen LogP contribution in [0.2, 0.25) is 0 Å². The molecule has 0 saturated heterocycles. The Morgan fingerprint density at radius 3 is 1.40 bits per heavy atom. The molecule has 0 aliphatic heterocycles. The number of carbonyl (C=O) groups is 2. The van der Waals surface area contributed by atoms with Gasteiger partial charge in [-0.25, -0.2) is 35.9 Å². The van der Waals surface area contributed by atoms with Gasteiger partial charge in [-0.1, -0.05) is 63.1 Å². The molecule has 0 amide bonds. The molecule has 0 aromatic heterocycles. The fourth-order valence-electron chi connectivity index (χ4n) is 4.70. The number of unbranched alkanes of at least 4 members (excludes halogenated alkanes) is 2. The third kappa shape index (κ3) is 11.9. The average Bonchev–Trinajstić information content (AvgIpc) is 3.16. The maximum absolute atomic E-state index is 12.3. The maximum atomic E-state index is 12.3. The van der Waals surface area contributed by atoms with Crippen LogP contribution in [0.4, 0.5) is 11.4 Å². The van der Waals surface area contributed by atoms with Crippen molar-refractivity contribution in [2.45, 2.75) is 49.3 Å². The number of carboxylic acid groups (broad SMARTS) is 1. The summed E-state index contributed by atoms with van der Waals surface area (Å²) in [4.78, 5) is 23.8. The molecule has 16 heteroatoms. The van der Waals surface area contributed by atoms with Gasteiger partial charge < -0.3 is 30.0 Å². The van der Waals surface area contributed by atoms with Gasteiger partial charge in [-0.05, 0) is 63.3 Å². The van der Waals surface area contributed by atoms with Gasteiger partial charge in [0.25, 0.3) is 0 Å². The van der Waals surface area contributed by atoms with Crippen LogP contribution in [0.15, 0.2) is 94.7 Å². The number of sulfonamides is 2. The van der Waals surface area contributed by atoms with E-state index in [2.05, 4.69) is 20.1 Å². The van der Waals surface area contributed by atoms with Crippen molar-refractivity contribution < 1.29 is 45.7 Å². The number of esters is 1. The highest BCUT2D eigenvalue weighted by molar-refractivity contribution is 7.89. The third-order valence-corrected chi connectivity index (χ3v) is 10.3. The third-order valence-electron chi connectivity index (χ3n) is 7.55. The molecule has 0 radical (unpaired) electrons. The number of rotatable bonds is 18. The van der Waals surface area contributed by atoms with Gasteiger partial charge in [-0.15, -0.1) is 0 Å². The summed E-state index contributed by atoms with van der Waals surface area (Å²) < 4.78 is 69.9. The number of carboxylic acids is 1. The minimum atomic E-state index is -3.83. The minimum absolute atomic E-state index is 0.0858. The van der Waals surface area contributed by atoms with Crippen LogP contribution in [0.25, 0.3) is 0 Å². The number of hydrogen-bond donors (Lipinski definition) is 5. The molecule has 0 atom stereocenters. The van der Waals surface area contributed by atoms with E-state index in [4.69, 9.17) is 14.2 Å². The van der Waals surface area contributed by atoms with Crippen molar-refractivity contribution in [3.05, 3.63) is 96.1 Å². The van der Waals surface area contributed by atoms with Crippen LogP contribution in [0.1, 0.15) is 60.2 Å². The molecule has 286 valence electrons. The first-order valence-electron chi connectivity index (χ1n) is 16.8. The highest BCUT2D eigenvalue weighted by Crippen LogP contribution is 2.37. The molecule has 0 spiro atoms. The summed E-state index contributed by atoms with van der Waals surface area (Å²) >= 11 is 0. The standard InChI is InChI=1S/C19H24N2O5S.C18H22N2O5S/c1-4-5-11-21-18-16(19(22)25-3)12-15(27(23,24)20-2)13-17(18)26-14-9-7-6-8-10-14;1-3-4-10-20-17-15(18(21)22)11-14(26(23,24)19-2)12-16(17)25-13-8-6-5-7-9-13/h6-10,12-13,20-21H,4-5,11H2,1-3H3;5-9,11-12,19-20H,3-4,10H2,1-2H3,(H,21,22). The second-order valence-electron chi connectivity index (χ2n) is 11.3. The Hall–Kier alpha value is -5.16. The summed E-state index contributed by atoms with van der Waals surface area (Å²) in [6.07, 6.45) is 3.60. The van der Waals surface area contributed by atoms with Crippen LogP contribution in [0.3, 0.4) is 0 Å². The zero-order chi connectivity index (χ0) is 39.0. The highest BCUT2D eigenvalue weighted by atomic mass is 32.2. The van der Waals surface area contributed by atoms with E-state index in [1.54, 1.807) is 48.5 Å². The summed E-state index contributed by atoms with van der Waals surface area (Å²) in [5.74, 6) is -0.530. The SMILES string of the molecule is CCCCNc1c(Oc2ccccc2)cc(S(=O)(=O)NC)cc1C(=O)O.CCCCNc1c(Oc2ccccc2)cc(S(=O)(=O)NC)cc1C(=O)OC. The molecule has 14 nitrogen and oxygen atoms in total. The van der Waals surface area contributed by atoms with E-state index in [-0.39, 0.29) is 38.1 Å². The first-order chi connectivity index (χ1) is 25.3. The fraction of sp³-hybridized carbons (Fsp3) is 0.297. The lowest BCUT2D eigenvalue weighted by Crippen LogP contribution is -2.20. The molecule has 4 aromatic carbocycles. The molecule has 0 bridgehead atoms. The Morgan fingerprint density at radius 1 is 0.642 bits per heavy atom. The van der Waals surface area contributed by atoms with E-state index < -0.39 is 32.0 Å². The van der Waals surface area contributed by atoms with Gasteiger partial charge in [-0.3, -0.25) is 0 Å². The Bertz CT molecular complexity index is 2050. The number of ether oxygens (including phenoxy) is 3. The molecular formula is C37H46N4O10S2.